The number of benzene rings is 1. The first-order valence-electron chi connectivity index (χ1n) is 6.61. The minimum atomic E-state index is 0.461. The second-order valence-corrected chi connectivity index (χ2v) is 6.30. The third-order valence-electron chi connectivity index (χ3n) is 3.57. The fraction of sp³-hybridized carbons (Fsp3) is 0.250. The lowest BCUT2D eigenvalue weighted by Crippen LogP contribution is -2.15. The normalized spacial score (nSPS) is 14.3. The predicted molar refractivity (Wildman–Crippen MR) is 86.8 cm³/mol. The molecule has 0 saturated carbocycles. The summed E-state index contributed by atoms with van der Waals surface area (Å²) in [5.74, 6) is 0.578. The second kappa shape index (κ2) is 4.87. The quantitative estimate of drug-likeness (QED) is 0.855. The average molecular weight is 283 g/mol. The highest BCUT2D eigenvalue weighted by atomic mass is 32.1. The monoisotopic (exact) mass is 283 g/mol. The van der Waals surface area contributed by atoms with Gasteiger partial charge in [-0.3, -0.25) is 4.99 Å². The van der Waals surface area contributed by atoms with E-state index in [4.69, 9.17) is 5.73 Å². The van der Waals surface area contributed by atoms with Crippen LogP contribution in [0.5, 0.6) is 0 Å². The summed E-state index contributed by atoms with van der Waals surface area (Å²) in [5, 5.41) is 0.981. The van der Waals surface area contributed by atoms with Gasteiger partial charge in [-0.1, -0.05) is 29.8 Å². The summed E-state index contributed by atoms with van der Waals surface area (Å²) < 4.78 is 0. The molecule has 1 aliphatic heterocycles. The molecule has 3 nitrogen and oxygen atoms in total. The molecule has 3 rings (SSSR count). The molecule has 4 heteroatoms. The van der Waals surface area contributed by atoms with Crippen LogP contribution in [-0.2, 0) is 0 Å². The van der Waals surface area contributed by atoms with Crippen LogP contribution in [0.3, 0.4) is 0 Å². The van der Waals surface area contributed by atoms with Crippen LogP contribution < -0.4 is 5.73 Å². The molecule has 0 aliphatic carbocycles. The van der Waals surface area contributed by atoms with E-state index < -0.39 is 0 Å². The van der Waals surface area contributed by atoms with Crippen molar-refractivity contribution in [1.82, 2.24) is 0 Å². The van der Waals surface area contributed by atoms with Gasteiger partial charge >= 0.3 is 0 Å². The largest absolute Gasteiger partial charge is 0.386 e. The lowest BCUT2D eigenvalue weighted by molar-refractivity contribution is 1.26. The Hall–Kier alpha value is -1.94. The number of aryl methyl sites for hydroxylation is 2. The first-order valence-corrected chi connectivity index (χ1v) is 7.43. The zero-order valence-corrected chi connectivity index (χ0v) is 12.7. The molecule has 0 radical (unpaired) electrons. The molecule has 1 aromatic carbocycles. The fourth-order valence-corrected chi connectivity index (χ4v) is 3.38. The minimum absolute atomic E-state index is 0.461. The molecule has 2 heterocycles. The summed E-state index contributed by atoms with van der Waals surface area (Å²) in [4.78, 5) is 10.5. The van der Waals surface area contributed by atoms with Crippen molar-refractivity contribution in [1.29, 1.82) is 0 Å². The summed E-state index contributed by atoms with van der Waals surface area (Å²) in [7, 11) is 0. The maximum Gasteiger partial charge on any atom is 0.128 e. The zero-order valence-electron chi connectivity index (χ0n) is 11.9. The Kier molecular flexibility index (Phi) is 3.18. The summed E-state index contributed by atoms with van der Waals surface area (Å²) in [6.07, 6.45) is 0. The molecule has 20 heavy (non-hydrogen) atoms. The van der Waals surface area contributed by atoms with E-state index in [9.17, 15) is 0 Å². The number of hydrogen-bond acceptors (Lipinski definition) is 4. The van der Waals surface area contributed by atoms with Gasteiger partial charge in [0.1, 0.15) is 10.8 Å². The van der Waals surface area contributed by atoms with Crippen LogP contribution in [-0.4, -0.2) is 18.1 Å². The van der Waals surface area contributed by atoms with Crippen molar-refractivity contribution in [2.24, 2.45) is 15.7 Å². The minimum Gasteiger partial charge on any atom is -0.386 e. The van der Waals surface area contributed by atoms with E-state index in [2.05, 4.69) is 55.0 Å². The Morgan fingerprint density at radius 1 is 1.10 bits per heavy atom. The molecule has 0 unspecified atom stereocenters. The maximum absolute atomic E-state index is 5.92. The first-order chi connectivity index (χ1) is 9.56. The number of nitrogens with two attached hydrogens (primary N) is 1. The molecule has 0 spiro atoms. The molecule has 0 fully saturated rings. The molecule has 2 N–H and O–H groups in total. The molecule has 1 aromatic heterocycles. The average Bonchev–Trinajstić information content (AvgIpc) is 2.59. The third-order valence-corrected chi connectivity index (χ3v) is 4.67. The molecule has 0 bridgehead atoms. The molecule has 0 saturated heterocycles. The van der Waals surface area contributed by atoms with Crippen LogP contribution in [0.25, 0.3) is 0 Å². The van der Waals surface area contributed by atoms with Gasteiger partial charge in [0.05, 0.1) is 12.3 Å². The lowest BCUT2D eigenvalue weighted by atomic mass is 9.99. The number of thiophene rings is 1. The van der Waals surface area contributed by atoms with Crippen molar-refractivity contribution in [2.45, 2.75) is 20.8 Å². The van der Waals surface area contributed by atoms with Gasteiger partial charge in [-0.25, -0.2) is 4.99 Å². The van der Waals surface area contributed by atoms with Gasteiger partial charge in [0.15, 0.2) is 0 Å². The number of aliphatic imine (C=N–C) groups is 2. The molecule has 0 amide bonds. The Labute approximate surface area is 122 Å². The number of rotatable bonds is 1. The van der Waals surface area contributed by atoms with Gasteiger partial charge in [0.2, 0.25) is 0 Å². The van der Waals surface area contributed by atoms with Crippen molar-refractivity contribution in [3.05, 3.63) is 51.4 Å². The molecule has 2 aromatic rings. The fourth-order valence-electron chi connectivity index (χ4n) is 2.32. The van der Waals surface area contributed by atoms with Crippen LogP contribution in [0.1, 0.15) is 27.1 Å². The maximum atomic E-state index is 5.92. The van der Waals surface area contributed by atoms with Gasteiger partial charge in [-0.15, -0.1) is 11.3 Å². The van der Waals surface area contributed by atoms with E-state index in [0.29, 0.717) is 12.4 Å². The first kappa shape index (κ1) is 13.1. The molecular weight excluding hydrogens is 266 g/mol. The lowest BCUT2D eigenvalue weighted by Gasteiger charge is -2.07. The Morgan fingerprint density at radius 2 is 1.80 bits per heavy atom. The van der Waals surface area contributed by atoms with Crippen LogP contribution in [0.2, 0.25) is 0 Å². The highest BCUT2D eigenvalue weighted by Gasteiger charge is 2.21. The van der Waals surface area contributed by atoms with Crippen molar-refractivity contribution < 1.29 is 0 Å². The number of fused-ring (bicyclic) bond motifs is 1. The van der Waals surface area contributed by atoms with E-state index in [1.165, 1.54) is 16.0 Å². The van der Waals surface area contributed by atoms with E-state index in [-0.39, 0.29) is 0 Å². The highest BCUT2D eigenvalue weighted by molar-refractivity contribution is 7.16. The Balaban J connectivity index is 2.21. The zero-order chi connectivity index (χ0) is 14.3. The van der Waals surface area contributed by atoms with Crippen molar-refractivity contribution in [3.63, 3.8) is 0 Å². The van der Waals surface area contributed by atoms with Crippen LogP contribution in [0, 0.1) is 20.8 Å². The van der Waals surface area contributed by atoms with E-state index in [1.54, 1.807) is 11.3 Å². The Bertz CT molecular complexity index is 721. The summed E-state index contributed by atoms with van der Waals surface area (Å²) in [5.41, 5.74) is 11.7. The van der Waals surface area contributed by atoms with Crippen molar-refractivity contribution in [2.75, 3.05) is 6.54 Å². The van der Waals surface area contributed by atoms with E-state index in [1.807, 2.05) is 0 Å². The van der Waals surface area contributed by atoms with Gasteiger partial charge in [-0.05, 0) is 26.3 Å². The van der Waals surface area contributed by atoms with Gasteiger partial charge < -0.3 is 5.73 Å². The summed E-state index contributed by atoms with van der Waals surface area (Å²) >= 11 is 1.69. The SMILES string of the molecule is Cc1ccc(C2=NCC(N)=Nc3sc(C)c(C)c32)cc1. The third kappa shape index (κ3) is 2.16. The molecule has 102 valence electrons. The topological polar surface area (TPSA) is 50.7 Å². The van der Waals surface area contributed by atoms with Crippen molar-refractivity contribution >= 4 is 27.9 Å². The number of hydrogen-bond donors (Lipinski definition) is 1. The van der Waals surface area contributed by atoms with Gasteiger partial charge in [0.25, 0.3) is 0 Å². The second-order valence-electron chi connectivity index (χ2n) is 5.10. The van der Waals surface area contributed by atoms with E-state index in [0.717, 1.165) is 21.8 Å². The van der Waals surface area contributed by atoms with Crippen molar-refractivity contribution in [3.8, 4) is 0 Å². The molecular formula is C16H17N3S. The predicted octanol–water partition coefficient (Wildman–Crippen LogP) is 3.51. The Morgan fingerprint density at radius 3 is 2.50 bits per heavy atom. The standard InChI is InChI=1S/C16H17N3S/c1-9-4-6-12(7-5-9)15-14-10(2)11(3)20-16(14)19-13(17)8-18-15/h4-7H,8H2,1-3H3,(H2,17,19). The number of nitrogens with zero attached hydrogens (tertiary/aromatic N) is 2. The van der Waals surface area contributed by atoms with Crippen LogP contribution in [0.4, 0.5) is 5.00 Å². The summed E-state index contributed by atoms with van der Waals surface area (Å²) in [6, 6.07) is 8.46. The molecule has 1 aliphatic rings. The van der Waals surface area contributed by atoms with Crippen LogP contribution in [0.15, 0.2) is 34.3 Å². The highest BCUT2D eigenvalue weighted by Crippen LogP contribution is 2.37. The van der Waals surface area contributed by atoms with Gasteiger partial charge in [0, 0.05) is 16.0 Å². The summed E-state index contributed by atoms with van der Waals surface area (Å²) in [6.45, 7) is 6.80. The number of amidine groups is 1. The molecule has 0 atom stereocenters. The van der Waals surface area contributed by atoms with Gasteiger partial charge in [-0.2, -0.15) is 0 Å². The smallest absolute Gasteiger partial charge is 0.128 e. The van der Waals surface area contributed by atoms with Crippen LogP contribution >= 0.6 is 11.3 Å². The van der Waals surface area contributed by atoms with E-state index >= 15 is 0 Å².